The lowest BCUT2D eigenvalue weighted by Crippen LogP contribution is -2.08. The fourth-order valence-corrected chi connectivity index (χ4v) is 2.83. The van der Waals surface area contributed by atoms with Gasteiger partial charge >= 0.3 is 0 Å². The van der Waals surface area contributed by atoms with Crippen molar-refractivity contribution in [1.82, 2.24) is 0 Å². The summed E-state index contributed by atoms with van der Waals surface area (Å²) < 4.78 is 0. The highest BCUT2D eigenvalue weighted by atomic mass is 16.2. The molecule has 0 atom stereocenters. The van der Waals surface area contributed by atoms with Crippen LogP contribution in [0.25, 0.3) is 0 Å². The van der Waals surface area contributed by atoms with E-state index in [-0.39, 0.29) is 11.6 Å². The first-order chi connectivity index (χ1) is 10.7. The summed E-state index contributed by atoms with van der Waals surface area (Å²) in [5.41, 5.74) is 0. The monoisotopic (exact) mass is 310 g/mol. The normalized spacial score (nSPS) is 10.8. The maximum Gasteiger partial charge on any atom is 0.198 e. The number of hydrogen-bond donors (Lipinski definition) is 0. The van der Waals surface area contributed by atoms with Crippen LogP contribution in [0.15, 0.2) is 0 Å². The second kappa shape index (κ2) is 16.7. The first-order valence-electron chi connectivity index (χ1n) is 9.72. The summed E-state index contributed by atoms with van der Waals surface area (Å²) >= 11 is 0. The quantitative estimate of drug-likeness (QED) is 0.230. The van der Waals surface area contributed by atoms with Gasteiger partial charge in [0.15, 0.2) is 11.6 Å². The molecule has 0 spiro atoms. The first-order valence-corrected chi connectivity index (χ1v) is 9.72. The predicted octanol–water partition coefficient (Wildman–Crippen LogP) is 6.41. The van der Waals surface area contributed by atoms with Gasteiger partial charge in [0.1, 0.15) is 0 Å². The van der Waals surface area contributed by atoms with Crippen LogP contribution in [-0.2, 0) is 9.59 Å². The van der Waals surface area contributed by atoms with Gasteiger partial charge in [0.05, 0.1) is 0 Å². The third-order valence-electron chi connectivity index (χ3n) is 4.40. The maximum atomic E-state index is 11.1. The zero-order valence-corrected chi connectivity index (χ0v) is 15.1. The molecule has 0 saturated heterocycles. The summed E-state index contributed by atoms with van der Waals surface area (Å²) in [6.45, 7) is 3.64. The van der Waals surface area contributed by atoms with Gasteiger partial charge in [-0.15, -0.1) is 0 Å². The Morgan fingerprint density at radius 1 is 0.545 bits per heavy atom. The van der Waals surface area contributed by atoms with Crippen LogP contribution >= 0.6 is 0 Å². The summed E-state index contributed by atoms with van der Waals surface area (Å²) in [7, 11) is 0. The van der Waals surface area contributed by atoms with Gasteiger partial charge in [-0.05, 0) is 6.42 Å². The lowest BCUT2D eigenvalue weighted by Gasteiger charge is -2.03. The van der Waals surface area contributed by atoms with Crippen LogP contribution in [0.2, 0.25) is 0 Å². The summed E-state index contributed by atoms with van der Waals surface area (Å²) in [5.74, 6) is -0.486. The van der Waals surface area contributed by atoms with Crippen LogP contribution in [0.3, 0.4) is 0 Å². The van der Waals surface area contributed by atoms with E-state index >= 15 is 0 Å². The van der Waals surface area contributed by atoms with Crippen molar-refractivity contribution in [3.8, 4) is 0 Å². The zero-order valence-electron chi connectivity index (χ0n) is 15.1. The molecule has 2 nitrogen and oxygen atoms in total. The van der Waals surface area contributed by atoms with E-state index in [0.29, 0.717) is 6.42 Å². The molecule has 0 fully saturated rings. The molecule has 0 aromatic carbocycles. The maximum absolute atomic E-state index is 11.1. The predicted molar refractivity (Wildman–Crippen MR) is 95.2 cm³/mol. The summed E-state index contributed by atoms with van der Waals surface area (Å²) in [6, 6.07) is 0. The lowest BCUT2D eigenvalue weighted by molar-refractivity contribution is -0.135. The summed E-state index contributed by atoms with van der Waals surface area (Å²) in [6.07, 6.45) is 20.3. The Hall–Kier alpha value is -0.660. The summed E-state index contributed by atoms with van der Waals surface area (Å²) in [5, 5.41) is 0. The number of carbonyl (C=O) groups excluding carboxylic acids is 2. The molecule has 0 saturated carbocycles. The standard InChI is InChI=1S/C20H38O2/c1-3-4-5-6-7-8-9-10-11-12-13-14-15-16-17-18-20(22)19(2)21/h3-18H2,1-2H3. The van der Waals surface area contributed by atoms with Crippen molar-refractivity contribution >= 4 is 11.6 Å². The fraction of sp³-hybridized carbons (Fsp3) is 0.900. The van der Waals surface area contributed by atoms with Crippen LogP contribution in [0.1, 0.15) is 117 Å². The number of ketones is 2. The van der Waals surface area contributed by atoms with Gasteiger partial charge in [-0.25, -0.2) is 0 Å². The van der Waals surface area contributed by atoms with Crippen molar-refractivity contribution in [1.29, 1.82) is 0 Å². The van der Waals surface area contributed by atoms with Gasteiger partial charge in [0.25, 0.3) is 0 Å². The van der Waals surface area contributed by atoms with E-state index in [4.69, 9.17) is 0 Å². The molecule has 0 aliphatic rings. The number of unbranched alkanes of at least 4 members (excludes halogenated alkanes) is 14. The molecule has 0 heterocycles. The van der Waals surface area contributed by atoms with Crippen LogP contribution in [0.4, 0.5) is 0 Å². The molecular formula is C20H38O2. The highest BCUT2D eigenvalue weighted by molar-refractivity contribution is 6.36. The molecule has 130 valence electrons. The summed E-state index contributed by atoms with van der Waals surface area (Å²) in [4.78, 5) is 21.9. The minimum Gasteiger partial charge on any atom is -0.291 e. The number of hydrogen-bond acceptors (Lipinski definition) is 2. The van der Waals surface area contributed by atoms with Crippen LogP contribution < -0.4 is 0 Å². The first kappa shape index (κ1) is 21.3. The topological polar surface area (TPSA) is 34.1 Å². The highest BCUT2D eigenvalue weighted by Gasteiger charge is 2.06. The van der Waals surface area contributed by atoms with E-state index in [1.165, 1.54) is 90.4 Å². The van der Waals surface area contributed by atoms with Gasteiger partial charge in [-0.1, -0.05) is 96.8 Å². The fourth-order valence-electron chi connectivity index (χ4n) is 2.83. The molecule has 0 rings (SSSR count). The van der Waals surface area contributed by atoms with Crippen molar-refractivity contribution in [2.24, 2.45) is 0 Å². The molecule has 22 heavy (non-hydrogen) atoms. The van der Waals surface area contributed by atoms with Crippen LogP contribution in [0, 0.1) is 0 Å². The highest BCUT2D eigenvalue weighted by Crippen LogP contribution is 2.13. The van der Waals surface area contributed by atoms with E-state index < -0.39 is 0 Å². The second-order valence-corrected chi connectivity index (χ2v) is 6.68. The van der Waals surface area contributed by atoms with E-state index in [2.05, 4.69) is 6.92 Å². The molecule has 0 N–H and O–H groups in total. The third kappa shape index (κ3) is 15.7. The minimum absolute atomic E-state index is 0.199. The Labute approximate surface area is 138 Å². The van der Waals surface area contributed by atoms with Crippen molar-refractivity contribution in [3.63, 3.8) is 0 Å². The largest absolute Gasteiger partial charge is 0.291 e. The Morgan fingerprint density at radius 3 is 1.18 bits per heavy atom. The number of rotatable bonds is 17. The molecule has 0 amide bonds. The lowest BCUT2D eigenvalue weighted by atomic mass is 10.0. The smallest absolute Gasteiger partial charge is 0.198 e. The molecule has 0 unspecified atom stereocenters. The second-order valence-electron chi connectivity index (χ2n) is 6.68. The zero-order chi connectivity index (χ0) is 16.5. The molecule has 0 aromatic heterocycles. The van der Waals surface area contributed by atoms with Crippen molar-refractivity contribution in [2.75, 3.05) is 0 Å². The molecule has 0 bridgehead atoms. The van der Waals surface area contributed by atoms with Crippen LogP contribution in [-0.4, -0.2) is 11.6 Å². The molecule has 0 aliphatic carbocycles. The SMILES string of the molecule is CCCCCCCCCCCCCCCCCC(=O)C(C)=O. The Morgan fingerprint density at radius 2 is 0.864 bits per heavy atom. The molecule has 0 radical (unpaired) electrons. The molecular weight excluding hydrogens is 272 g/mol. The van der Waals surface area contributed by atoms with E-state index in [1.807, 2.05) is 0 Å². The van der Waals surface area contributed by atoms with Gasteiger partial charge in [0.2, 0.25) is 0 Å². The van der Waals surface area contributed by atoms with Gasteiger partial charge in [-0.2, -0.15) is 0 Å². The van der Waals surface area contributed by atoms with Crippen molar-refractivity contribution < 1.29 is 9.59 Å². The van der Waals surface area contributed by atoms with E-state index in [0.717, 1.165) is 12.8 Å². The molecule has 0 aromatic rings. The Balaban J connectivity index is 3.05. The van der Waals surface area contributed by atoms with Gasteiger partial charge < -0.3 is 0 Å². The van der Waals surface area contributed by atoms with E-state index in [1.54, 1.807) is 0 Å². The van der Waals surface area contributed by atoms with Crippen LogP contribution in [0.5, 0.6) is 0 Å². The average molecular weight is 311 g/mol. The Bertz CT molecular complexity index is 271. The van der Waals surface area contributed by atoms with Crippen molar-refractivity contribution in [2.45, 2.75) is 117 Å². The Kier molecular flexibility index (Phi) is 16.2. The number of Topliss-reactive ketones (excluding diaryl/α,β-unsaturated/α-hetero) is 2. The molecule has 0 aliphatic heterocycles. The molecule has 2 heteroatoms. The van der Waals surface area contributed by atoms with Gasteiger partial charge in [0, 0.05) is 13.3 Å². The average Bonchev–Trinajstić information content (AvgIpc) is 2.50. The minimum atomic E-state index is -0.287. The van der Waals surface area contributed by atoms with E-state index in [9.17, 15) is 9.59 Å². The van der Waals surface area contributed by atoms with Crippen molar-refractivity contribution in [3.05, 3.63) is 0 Å². The third-order valence-corrected chi connectivity index (χ3v) is 4.40. The van der Waals surface area contributed by atoms with Gasteiger partial charge in [-0.3, -0.25) is 9.59 Å². The number of carbonyl (C=O) groups is 2.